The van der Waals surface area contributed by atoms with E-state index in [9.17, 15) is 0 Å². The Morgan fingerprint density at radius 1 is 1.40 bits per heavy atom. The highest BCUT2D eigenvalue weighted by Crippen LogP contribution is 2.36. The molecular formula is C15H18ClN3O. The Labute approximate surface area is 123 Å². The van der Waals surface area contributed by atoms with Crippen LogP contribution in [0.1, 0.15) is 43.8 Å². The fourth-order valence-corrected chi connectivity index (χ4v) is 2.91. The molecule has 0 bridgehead atoms. The molecule has 1 aromatic heterocycles. The zero-order chi connectivity index (χ0) is 13.9. The number of nitrogens with zero attached hydrogens (tertiary/aromatic N) is 2. The molecule has 1 saturated carbocycles. The minimum Gasteiger partial charge on any atom is -0.376 e. The number of nitrogens with one attached hydrogen (secondary N) is 1. The van der Waals surface area contributed by atoms with Crippen LogP contribution in [-0.4, -0.2) is 10.1 Å². The van der Waals surface area contributed by atoms with E-state index in [0.29, 0.717) is 23.4 Å². The topological polar surface area (TPSA) is 51.0 Å². The molecule has 2 aromatic rings. The van der Waals surface area contributed by atoms with Crippen LogP contribution in [0.25, 0.3) is 0 Å². The summed E-state index contributed by atoms with van der Waals surface area (Å²) in [7, 11) is 0. The van der Waals surface area contributed by atoms with Crippen LogP contribution in [0.2, 0.25) is 5.02 Å². The van der Waals surface area contributed by atoms with Gasteiger partial charge in [-0.05, 0) is 43.4 Å². The quantitative estimate of drug-likeness (QED) is 0.915. The number of halogens is 1. The van der Waals surface area contributed by atoms with E-state index in [1.165, 1.54) is 19.3 Å². The van der Waals surface area contributed by atoms with Crippen molar-refractivity contribution in [1.82, 2.24) is 10.1 Å². The van der Waals surface area contributed by atoms with Crippen molar-refractivity contribution in [2.75, 3.05) is 5.32 Å². The van der Waals surface area contributed by atoms with E-state index in [1.54, 1.807) is 0 Å². The van der Waals surface area contributed by atoms with Crippen LogP contribution in [0.15, 0.2) is 28.8 Å². The first-order valence-corrected chi connectivity index (χ1v) is 7.40. The second-order valence-electron chi connectivity index (χ2n) is 5.53. The Balaban J connectivity index is 1.60. The smallest absolute Gasteiger partial charge is 0.245 e. The van der Waals surface area contributed by atoms with Crippen LogP contribution < -0.4 is 5.32 Å². The summed E-state index contributed by atoms with van der Waals surface area (Å²) in [5.74, 6) is 2.72. The minimum absolute atomic E-state index is 0.466. The summed E-state index contributed by atoms with van der Waals surface area (Å²) in [5, 5.41) is 8.05. The van der Waals surface area contributed by atoms with Crippen molar-refractivity contribution in [3.05, 3.63) is 41.0 Å². The summed E-state index contributed by atoms with van der Waals surface area (Å²) < 4.78 is 5.31. The lowest BCUT2D eigenvalue weighted by Gasteiger charge is -2.03. The summed E-state index contributed by atoms with van der Waals surface area (Å²) in [6, 6.07) is 7.59. The average molecular weight is 292 g/mol. The molecule has 106 valence electrons. The van der Waals surface area contributed by atoms with E-state index in [-0.39, 0.29) is 0 Å². The fourth-order valence-electron chi connectivity index (χ4n) is 2.72. The average Bonchev–Trinajstić information content (AvgIpc) is 3.05. The van der Waals surface area contributed by atoms with E-state index in [0.717, 1.165) is 17.4 Å². The zero-order valence-electron chi connectivity index (χ0n) is 11.5. The van der Waals surface area contributed by atoms with Gasteiger partial charge in [0.25, 0.3) is 0 Å². The number of anilines is 1. The van der Waals surface area contributed by atoms with Gasteiger partial charge in [-0.2, -0.15) is 4.98 Å². The van der Waals surface area contributed by atoms with Crippen molar-refractivity contribution in [2.24, 2.45) is 5.92 Å². The molecule has 0 saturated heterocycles. The van der Waals surface area contributed by atoms with Crippen molar-refractivity contribution in [3.8, 4) is 0 Å². The van der Waals surface area contributed by atoms with Gasteiger partial charge < -0.3 is 9.84 Å². The van der Waals surface area contributed by atoms with Gasteiger partial charge in [0.2, 0.25) is 5.89 Å². The number of hydrogen-bond donors (Lipinski definition) is 1. The van der Waals surface area contributed by atoms with Gasteiger partial charge >= 0.3 is 0 Å². The van der Waals surface area contributed by atoms with Gasteiger partial charge in [-0.25, -0.2) is 0 Å². The molecule has 1 aliphatic carbocycles. The highest BCUT2D eigenvalue weighted by Gasteiger charge is 2.26. The van der Waals surface area contributed by atoms with E-state index in [1.807, 2.05) is 24.3 Å². The Morgan fingerprint density at radius 3 is 3.05 bits per heavy atom. The van der Waals surface area contributed by atoms with E-state index >= 15 is 0 Å². The summed E-state index contributed by atoms with van der Waals surface area (Å²) >= 11 is 5.94. The molecule has 5 heteroatoms. The van der Waals surface area contributed by atoms with Crippen LogP contribution >= 0.6 is 11.6 Å². The molecule has 0 radical (unpaired) electrons. The minimum atomic E-state index is 0.466. The zero-order valence-corrected chi connectivity index (χ0v) is 12.2. The molecule has 0 amide bonds. The number of aromatic nitrogens is 2. The Hall–Kier alpha value is -1.55. The van der Waals surface area contributed by atoms with Gasteiger partial charge in [0.05, 0.1) is 6.54 Å². The maximum absolute atomic E-state index is 5.94. The third-order valence-electron chi connectivity index (χ3n) is 3.81. The molecule has 1 fully saturated rings. The highest BCUT2D eigenvalue weighted by atomic mass is 35.5. The first-order chi connectivity index (χ1) is 9.70. The molecule has 4 nitrogen and oxygen atoms in total. The first-order valence-electron chi connectivity index (χ1n) is 7.02. The van der Waals surface area contributed by atoms with Crippen LogP contribution in [-0.2, 0) is 6.54 Å². The first kappa shape index (κ1) is 13.4. The summed E-state index contributed by atoms with van der Waals surface area (Å²) in [6.07, 6.45) is 3.60. The maximum Gasteiger partial charge on any atom is 0.245 e. The lowest BCUT2D eigenvalue weighted by Crippen LogP contribution is -2.01. The second kappa shape index (κ2) is 5.83. The molecule has 0 spiro atoms. The Morgan fingerprint density at radius 2 is 2.30 bits per heavy atom. The van der Waals surface area contributed by atoms with Crippen LogP contribution in [0.4, 0.5) is 5.69 Å². The van der Waals surface area contributed by atoms with E-state index in [4.69, 9.17) is 16.1 Å². The van der Waals surface area contributed by atoms with Gasteiger partial charge in [0, 0.05) is 16.6 Å². The van der Waals surface area contributed by atoms with Crippen molar-refractivity contribution in [2.45, 2.75) is 38.6 Å². The van der Waals surface area contributed by atoms with Crippen molar-refractivity contribution in [1.29, 1.82) is 0 Å². The van der Waals surface area contributed by atoms with Crippen molar-refractivity contribution < 1.29 is 4.52 Å². The number of rotatable bonds is 4. The predicted molar refractivity (Wildman–Crippen MR) is 78.8 cm³/mol. The third kappa shape index (κ3) is 3.12. The van der Waals surface area contributed by atoms with Crippen LogP contribution in [0, 0.1) is 5.92 Å². The molecule has 1 heterocycles. The lowest BCUT2D eigenvalue weighted by atomic mass is 10.1. The van der Waals surface area contributed by atoms with Crippen LogP contribution in [0.5, 0.6) is 0 Å². The SMILES string of the molecule is CC1CCC(c2noc(CNc3cccc(Cl)c3)n2)C1. The van der Waals surface area contributed by atoms with Crippen molar-refractivity contribution in [3.63, 3.8) is 0 Å². The maximum atomic E-state index is 5.94. The molecule has 0 aliphatic heterocycles. The highest BCUT2D eigenvalue weighted by molar-refractivity contribution is 6.30. The standard InChI is InChI=1S/C15H18ClN3O/c1-10-5-6-11(7-10)15-18-14(20-19-15)9-17-13-4-2-3-12(16)8-13/h2-4,8,10-11,17H,5-7,9H2,1H3. The monoisotopic (exact) mass is 291 g/mol. The molecule has 1 aromatic carbocycles. The molecule has 3 rings (SSSR count). The molecule has 1 aliphatic rings. The van der Waals surface area contributed by atoms with E-state index in [2.05, 4.69) is 22.4 Å². The number of hydrogen-bond acceptors (Lipinski definition) is 4. The molecular weight excluding hydrogens is 274 g/mol. The predicted octanol–water partition coefficient (Wildman–Crippen LogP) is 4.24. The van der Waals surface area contributed by atoms with Crippen molar-refractivity contribution >= 4 is 17.3 Å². The van der Waals surface area contributed by atoms with Crippen LogP contribution in [0.3, 0.4) is 0 Å². The summed E-state index contributed by atoms with van der Waals surface area (Å²) in [6.45, 7) is 2.80. The van der Waals surface area contributed by atoms with Gasteiger partial charge in [-0.15, -0.1) is 0 Å². The van der Waals surface area contributed by atoms with Gasteiger partial charge in [-0.1, -0.05) is 29.7 Å². The molecule has 20 heavy (non-hydrogen) atoms. The molecule has 1 N–H and O–H groups in total. The summed E-state index contributed by atoms with van der Waals surface area (Å²) in [4.78, 5) is 4.49. The molecule has 2 unspecified atom stereocenters. The lowest BCUT2D eigenvalue weighted by molar-refractivity contribution is 0.373. The summed E-state index contributed by atoms with van der Waals surface area (Å²) in [5.41, 5.74) is 0.951. The largest absolute Gasteiger partial charge is 0.376 e. The second-order valence-corrected chi connectivity index (χ2v) is 5.96. The van der Waals surface area contributed by atoms with Gasteiger partial charge in [0.15, 0.2) is 5.82 Å². The molecule has 2 atom stereocenters. The van der Waals surface area contributed by atoms with Gasteiger partial charge in [-0.3, -0.25) is 0 Å². The van der Waals surface area contributed by atoms with E-state index < -0.39 is 0 Å². The number of benzene rings is 1. The fraction of sp³-hybridized carbons (Fsp3) is 0.467. The normalized spacial score (nSPS) is 22.1. The van der Waals surface area contributed by atoms with Gasteiger partial charge in [0.1, 0.15) is 0 Å². The Bertz CT molecular complexity index is 584. The third-order valence-corrected chi connectivity index (χ3v) is 4.05. The Kier molecular flexibility index (Phi) is 3.92.